The highest BCUT2D eigenvalue weighted by molar-refractivity contribution is 6.07. The van der Waals surface area contributed by atoms with Gasteiger partial charge >= 0.3 is 0 Å². The lowest BCUT2D eigenvalue weighted by Crippen LogP contribution is -2.22. The van der Waals surface area contributed by atoms with E-state index >= 15 is 0 Å². The largest absolute Gasteiger partial charge is 0.343 e. The first-order valence-corrected chi connectivity index (χ1v) is 1.61. The van der Waals surface area contributed by atoms with Gasteiger partial charge in [-0.2, -0.15) is 0 Å². The monoisotopic (exact) mass is 112 g/mol. The Labute approximate surface area is 40.3 Å². The lowest BCUT2D eigenvalue weighted by molar-refractivity contribution is -0.276. The van der Waals surface area contributed by atoms with Crippen molar-refractivity contribution in [3.63, 3.8) is 0 Å². The number of hydrogen-bond donors (Lipinski definition) is 2. The van der Waals surface area contributed by atoms with Crippen LogP contribution in [0.4, 0.5) is 0 Å². The minimum absolute atomic E-state index is 1.00. The van der Waals surface area contributed by atoms with Crippen LogP contribution in [0.1, 0.15) is 6.92 Å². The molecule has 0 aromatic heterocycles. The van der Waals surface area contributed by atoms with Crippen molar-refractivity contribution in [1.82, 2.24) is 0 Å². The summed E-state index contributed by atoms with van der Waals surface area (Å²) in [5.41, 5.74) is 0. The zero-order chi connectivity index (χ0) is 5.21. The van der Waals surface area contributed by atoms with E-state index in [4.69, 9.17) is 10.2 Å². The predicted octanol–water partition coefficient (Wildman–Crippen LogP) is -0.185. The Morgan fingerprint density at radius 2 is 1.83 bits per heavy atom. The average molecular weight is 113 g/mol. The number of hydrogen-bond acceptors (Lipinski definition) is 3. The Morgan fingerprint density at radius 1 is 1.67 bits per heavy atom. The molecule has 0 aliphatic heterocycles. The second-order valence-corrected chi connectivity index (χ2v) is 1.17. The van der Waals surface area contributed by atoms with E-state index in [0.29, 0.717) is 0 Å². The van der Waals surface area contributed by atoms with Crippen molar-refractivity contribution in [3.8, 4) is 0 Å². The summed E-state index contributed by atoms with van der Waals surface area (Å²) in [6.45, 7) is 1.00. The third-order valence-electron chi connectivity index (χ3n) is 0.146. The highest BCUT2D eigenvalue weighted by Gasteiger charge is 2.12. The Bertz CT molecular complexity index is 38.5. The standard InChI is InChI=1S/C2H5ClO3/c1-2(4,5)6-3/h4-5H,1H3. The van der Waals surface area contributed by atoms with E-state index in [0.717, 1.165) is 6.92 Å². The summed E-state index contributed by atoms with van der Waals surface area (Å²) in [5, 5.41) is 16.1. The van der Waals surface area contributed by atoms with Gasteiger partial charge in [-0.15, -0.1) is 0 Å². The molecule has 0 heterocycles. The van der Waals surface area contributed by atoms with Crippen LogP contribution in [0.25, 0.3) is 0 Å². The Balaban J connectivity index is 3.17. The molecule has 2 N–H and O–H groups in total. The minimum atomic E-state index is -2.19. The van der Waals surface area contributed by atoms with E-state index in [1.807, 2.05) is 0 Å². The molecule has 0 bridgehead atoms. The van der Waals surface area contributed by atoms with Crippen LogP contribution in [0.5, 0.6) is 0 Å². The predicted molar refractivity (Wildman–Crippen MR) is 19.8 cm³/mol. The summed E-state index contributed by atoms with van der Waals surface area (Å²) < 4.78 is 3.52. The molecule has 38 valence electrons. The van der Waals surface area contributed by atoms with Crippen molar-refractivity contribution in [2.75, 3.05) is 0 Å². The second-order valence-electron chi connectivity index (χ2n) is 1.01. The Hall–Kier alpha value is 0.170. The van der Waals surface area contributed by atoms with Gasteiger partial charge in [-0.1, -0.05) is 0 Å². The van der Waals surface area contributed by atoms with Crippen molar-refractivity contribution in [3.05, 3.63) is 0 Å². The molecule has 0 saturated carbocycles. The Kier molecular flexibility index (Phi) is 1.80. The number of rotatable bonds is 1. The van der Waals surface area contributed by atoms with E-state index < -0.39 is 5.97 Å². The van der Waals surface area contributed by atoms with Gasteiger partial charge in [-0.3, -0.25) is 0 Å². The van der Waals surface area contributed by atoms with Crippen LogP contribution in [-0.4, -0.2) is 16.2 Å². The summed E-state index contributed by atoms with van der Waals surface area (Å²) in [5.74, 6) is -2.19. The molecule has 0 spiro atoms. The third kappa shape index (κ3) is 4.17. The summed E-state index contributed by atoms with van der Waals surface area (Å²) >= 11 is 4.48. The lowest BCUT2D eigenvalue weighted by atomic mass is 10.7. The van der Waals surface area contributed by atoms with Gasteiger partial charge in [-0.05, 0) is 0 Å². The maximum Gasteiger partial charge on any atom is 0.291 e. The van der Waals surface area contributed by atoms with Crippen molar-refractivity contribution in [2.24, 2.45) is 0 Å². The van der Waals surface area contributed by atoms with Gasteiger partial charge in [0.05, 0.1) is 11.9 Å². The molecule has 0 rings (SSSR count). The van der Waals surface area contributed by atoms with E-state index in [2.05, 4.69) is 16.2 Å². The number of halogens is 1. The van der Waals surface area contributed by atoms with E-state index in [-0.39, 0.29) is 0 Å². The van der Waals surface area contributed by atoms with Crippen LogP contribution in [0.3, 0.4) is 0 Å². The van der Waals surface area contributed by atoms with E-state index in [9.17, 15) is 0 Å². The third-order valence-corrected chi connectivity index (χ3v) is 0.438. The normalized spacial score (nSPS) is 12.0. The smallest absolute Gasteiger partial charge is 0.291 e. The fourth-order valence-corrected chi connectivity index (χ4v) is 0. The van der Waals surface area contributed by atoms with Crippen LogP contribution < -0.4 is 0 Å². The zero-order valence-corrected chi connectivity index (χ0v) is 3.94. The quantitative estimate of drug-likeness (QED) is 0.463. The molecule has 0 amide bonds. The van der Waals surface area contributed by atoms with Gasteiger partial charge < -0.3 is 10.2 Å². The van der Waals surface area contributed by atoms with E-state index in [1.54, 1.807) is 0 Å². The lowest BCUT2D eigenvalue weighted by Gasteiger charge is -2.07. The Morgan fingerprint density at radius 3 is 1.83 bits per heavy atom. The van der Waals surface area contributed by atoms with Crippen LogP contribution >= 0.6 is 11.9 Å². The molecule has 0 unspecified atom stereocenters. The number of aliphatic hydroxyl groups is 2. The van der Waals surface area contributed by atoms with Crippen LogP contribution in [-0.2, 0) is 4.29 Å². The SMILES string of the molecule is CC(O)(O)OCl. The summed E-state index contributed by atoms with van der Waals surface area (Å²) in [7, 11) is 0. The zero-order valence-electron chi connectivity index (χ0n) is 3.18. The molecule has 0 aliphatic carbocycles. The molecule has 3 nitrogen and oxygen atoms in total. The van der Waals surface area contributed by atoms with E-state index in [1.165, 1.54) is 0 Å². The molecular weight excluding hydrogens is 107 g/mol. The second kappa shape index (κ2) is 1.75. The molecule has 6 heavy (non-hydrogen) atoms. The van der Waals surface area contributed by atoms with Crippen molar-refractivity contribution in [1.29, 1.82) is 0 Å². The van der Waals surface area contributed by atoms with Crippen LogP contribution in [0, 0.1) is 0 Å². The van der Waals surface area contributed by atoms with Crippen molar-refractivity contribution >= 4 is 11.9 Å². The maximum absolute atomic E-state index is 8.03. The highest BCUT2D eigenvalue weighted by Crippen LogP contribution is 1.99. The topological polar surface area (TPSA) is 49.7 Å². The van der Waals surface area contributed by atoms with Gasteiger partial charge in [0.25, 0.3) is 5.97 Å². The highest BCUT2D eigenvalue weighted by atomic mass is 35.5. The molecule has 4 heteroatoms. The first kappa shape index (κ1) is 6.17. The first-order valence-electron chi connectivity index (χ1n) is 1.31. The summed E-state index contributed by atoms with van der Waals surface area (Å²) in [6.07, 6.45) is 0. The average Bonchev–Trinajstić information content (AvgIpc) is 1.35. The molecule has 0 fully saturated rings. The molecule has 0 aromatic carbocycles. The van der Waals surface area contributed by atoms with Crippen molar-refractivity contribution < 1.29 is 14.5 Å². The molecule has 0 atom stereocenters. The van der Waals surface area contributed by atoms with Gasteiger partial charge in [0, 0.05) is 6.92 Å². The maximum atomic E-state index is 8.03. The molecule has 0 radical (unpaired) electrons. The fraction of sp³-hybridized carbons (Fsp3) is 1.00. The summed E-state index contributed by atoms with van der Waals surface area (Å²) in [4.78, 5) is 0. The minimum Gasteiger partial charge on any atom is -0.343 e. The van der Waals surface area contributed by atoms with Crippen LogP contribution in [0.15, 0.2) is 0 Å². The molecule has 0 saturated heterocycles. The molecule has 0 aliphatic rings. The van der Waals surface area contributed by atoms with Gasteiger partial charge in [0.1, 0.15) is 0 Å². The van der Waals surface area contributed by atoms with Crippen molar-refractivity contribution in [2.45, 2.75) is 12.9 Å². The van der Waals surface area contributed by atoms with Gasteiger partial charge in [-0.25, -0.2) is 4.29 Å². The fourth-order valence-electron chi connectivity index (χ4n) is 0. The van der Waals surface area contributed by atoms with Gasteiger partial charge in [0.2, 0.25) is 0 Å². The summed E-state index contributed by atoms with van der Waals surface area (Å²) in [6, 6.07) is 0. The van der Waals surface area contributed by atoms with Crippen LogP contribution in [0.2, 0.25) is 0 Å². The molecule has 0 aromatic rings. The van der Waals surface area contributed by atoms with Gasteiger partial charge in [0.15, 0.2) is 0 Å². The first-order chi connectivity index (χ1) is 2.56. The molecular formula is C2H5ClO3.